The molecule has 0 spiro atoms. The molecule has 0 fully saturated rings. The van der Waals surface area contributed by atoms with Gasteiger partial charge in [-0.25, -0.2) is 0 Å². The monoisotopic (exact) mass is 201 g/mol. The van der Waals surface area contributed by atoms with Gasteiger partial charge in [-0.05, 0) is 9.79 Å². The van der Waals surface area contributed by atoms with Crippen molar-refractivity contribution in [1.82, 2.24) is 3.71 Å². The predicted molar refractivity (Wildman–Crippen MR) is 62.5 cm³/mol. The lowest BCUT2D eigenvalue weighted by Gasteiger charge is -2.01. The molecule has 0 aromatic carbocycles. The fraction of sp³-hybridized carbons (Fsp3) is 0.333. The summed E-state index contributed by atoms with van der Waals surface area (Å²) in [6.07, 6.45) is 5.69. The average molecular weight is 201 g/mol. The van der Waals surface area contributed by atoms with Crippen LogP contribution in [0.1, 0.15) is 0 Å². The molecule has 1 radical (unpaired) electrons. The van der Waals surface area contributed by atoms with Gasteiger partial charge < -0.3 is 0 Å². The molecule has 0 unspecified atom stereocenters. The molecule has 0 saturated carbocycles. The summed E-state index contributed by atoms with van der Waals surface area (Å²) in [5, 5.41) is 0. The molecule has 0 aromatic rings. The summed E-state index contributed by atoms with van der Waals surface area (Å²) in [4.78, 5) is 0. The molecule has 3 heteroatoms. The molecule has 0 atom stereocenters. The molecule has 0 amide bonds. The number of hydrogen-bond donors (Lipinski definition) is 0. The maximum Gasteiger partial charge on any atom is 0.167 e. The predicted octanol–water partition coefficient (Wildman–Crippen LogP) is 2.98. The van der Waals surface area contributed by atoms with Crippen molar-refractivity contribution in [2.75, 3.05) is 18.1 Å². The highest BCUT2D eigenvalue weighted by atomic mass is 32.2. The van der Waals surface area contributed by atoms with E-state index in [4.69, 9.17) is 0 Å². The van der Waals surface area contributed by atoms with E-state index in [0.717, 1.165) is 18.1 Å². The van der Waals surface area contributed by atoms with Crippen LogP contribution in [0.15, 0.2) is 38.0 Å². The van der Waals surface area contributed by atoms with Gasteiger partial charge in [0.2, 0.25) is 0 Å². The Morgan fingerprint density at radius 2 is 1.42 bits per heavy atom. The van der Waals surface area contributed by atoms with Crippen molar-refractivity contribution in [1.29, 1.82) is 0 Å². The van der Waals surface area contributed by atoms with Crippen molar-refractivity contribution in [3.63, 3.8) is 0 Å². The summed E-state index contributed by atoms with van der Waals surface area (Å²) in [7, 11) is 0. The van der Waals surface area contributed by atoms with E-state index in [9.17, 15) is 0 Å². The lowest BCUT2D eigenvalue weighted by molar-refractivity contribution is 1.02. The minimum Gasteiger partial charge on any atom is -0.102 e. The van der Waals surface area contributed by atoms with Gasteiger partial charge in [-0.1, -0.05) is 18.7 Å². The second-order valence-electron chi connectivity index (χ2n) is 1.97. The molecule has 0 aromatic heterocycles. The van der Waals surface area contributed by atoms with Crippen LogP contribution < -0.4 is 3.71 Å². The lowest BCUT2D eigenvalue weighted by Crippen LogP contribution is -2.13. The lowest BCUT2D eigenvalue weighted by atomic mass is 10.7. The van der Waals surface area contributed by atoms with Gasteiger partial charge in [0.25, 0.3) is 0 Å². The van der Waals surface area contributed by atoms with E-state index in [2.05, 4.69) is 23.4 Å². The van der Waals surface area contributed by atoms with Crippen LogP contribution in [0.4, 0.5) is 0 Å². The normalized spacial score (nSPS) is 9.75. The van der Waals surface area contributed by atoms with E-state index in [0.29, 0.717) is 0 Å². The van der Waals surface area contributed by atoms with Gasteiger partial charge >= 0.3 is 0 Å². The van der Waals surface area contributed by atoms with Crippen molar-refractivity contribution in [2.45, 2.75) is 0 Å². The zero-order valence-electron chi connectivity index (χ0n) is 7.24. The maximum absolute atomic E-state index is 3.70. The number of nitrogens with zero attached hydrogens (tertiary/aromatic N) is 1. The minimum atomic E-state index is 0.886. The van der Waals surface area contributed by atoms with E-state index >= 15 is 0 Å². The molecule has 0 bridgehead atoms. The Kier molecular flexibility index (Phi) is 8.88. The summed E-state index contributed by atoms with van der Waals surface area (Å²) in [6, 6.07) is 0. The molecule has 0 aliphatic rings. The van der Waals surface area contributed by atoms with Crippen molar-refractivity contribution in [2.24, 2.45) is 0 Å². The van der Waals surface area contributed by atoms with Gasteiger partial charge in [0.05, 0.1) is 11.5 Å². The molecule has 0 heterocycles. The summed E-state index contributed by atoms with van der Waals surface area (Å²) in [5.41, 5.74) is 0. The third-order valence-electron chi connectivity index (χ3n) is 0.951. The molecule has 0 aliphatic carbocycles. The molecule has 12 heavy (non-hydrogen) atoms. The van der Waals surface area contributed by atoms with Gasteiger partial charge in [0.15, 0.2) is 6.54 Å². The van der Waals surface area contributed by atoms with Crippen LogP contribution in [0.2, 0.25) is 0 Å². The number of rotatable bonds is 8. The van der Waals surface area contributed by atoms with E-state index in [1.807, 2.05) is 18.2 Å². The van der Waals surface area contributed by atoms with E-state index in [1.165, 1.54) is 0 Å². The first-order valence-electron chi connectivity index (χ1n) is 3.71. The van der Waals surface area contributed by atoms with E-state index < -0.39 is 0 Å². The molecule has 0 saturated heterocycles. The summed E-state index contributed by atoms with van der Waals surface area (Å²) in [5.74, 6) is 1.88. The van der Waals surface area contributed by atoms with Gasteiger partial charge in [-0.15, -0.1) is 13.2 Å². The van der Waals surface area contributed by atoms with E-state index in [1.54, 1.807) is 23.9 Å². The Bertz CT molecular complexity index is 133. The van der Waals surface area contributed by atoms with Crippen LogP contribution in [0, 0.1) is 0 Å². The van der Waals surface area contributed by atoms with Crippen LogP contribution in [0.3, 0.4) is 0 Å². The van der Waals surface area contributed by atoms with Gasteiger partial charge in [-0.2, -0.15) is 0 Å². The summed E-state index contributed by atoms with van der Waals surface area (Å²) < 4.78 is 2.18. The van der Waals surface area contributed by atoms with Crippen molar-refractivity contribution in [3.8, 4) is 0 Å². The summed E-state index contributed by atoms with van der Waals surface area (Å²) in [6.45, 7) is 11.9. The van der Waals surface area contributed by atoms with Crippen LogP contribution in [0.25, 0.3) is 0 Å². The molecule has 0 rings (SSSR count). The average Bonchev–Trinajstić information content (AvgIpc) is 2.10. The third kappa shape index (κ3) is 6.58. The topological polar surface area (TPSA) is 5.90 Å². The van der Waals surface area contributed by atoms with Crippen LogP contribution in [-0.2, 0) is 0 Å². The van der Waals surface area contributed by atoms with Crippen LogP contribution >= 0.6 is 23.9 Å². The van der Waals surface area contributed by atoms with Crippen LogP contribution in [0.5, 0.6) is 0 Å². The smallest absolute Gasteiger partial charge is 0.102 e. The SMILES string of the molecule is C=CCS[N+](CC=C)SCC=C. The third-order valence-corrected chi connectivity index (χ3v) is 3.23. The van der Waals surface area contributed by atoms with Crippen molar-refractivity contribution >= 4 is 23.9 Å². The van der Waals surface area contributed by atoms with Gasteiger partial charge in [0.1, 0.15) is 23.9 Å². The highest BCUT2D eigenvalue weighted by molar-refractivity contribution is 8.13. The Hall–Kier alpha value is -0.120. The first-order chi connectivity index (χ1) is 5.85. The maximum atomic E-state index is 3.70. The zero-order chi connectivity index (χ0) is 9.23. The Labute approximate surface area is 83.9 Å². The molecule has 0 aliphatic heterocycles. The number of hydrogen-bond acceptors (Lipinski definition) is 3. The summed E-state index contributed by atoms with van der Waals surface area (Å²) >= 11 is 3.49. The molecule has 0 N–H and O–H groups in total. The highest BCUT2D eigenvalue weighted by Gasteiger charge is 2.14. The molecular formula is C9H15NS2+. The minimum absolute atomic E-state index is 0.886. The second-order valence-corrected chi connectivity index (χ2v) is 4.27. The fourth-order valence-corrected chi connectivity index (χ4v) is 2.15. The Balaban J connectivity index is 3.59. The van der Waals surface area contributed by atoms with Gasteiger partial charge in [-0.3, -0.25) is 0 Å². The quantitative estimate of drug-likeness (QED) is 0.338. The zero-order valence-corrected chi connectivity index (χ0v) is 8.87. The standard InChI is InChI=1S/C9H15NS2/c1-4-7-10(11-8-5-2)12-9-6-3/h4-6H,1-3,7-9H2/q+1. The fourth-order valence-electron chi connectivity index (χ4n) is 0.520. The van der Waals surface area contributed by atoms with Crippen LogP contribution in [-0.4, -0.2) is 18.1 Å². The molecular weight excluding hydrogens is 186 g/mol. The molecule has 1 nitrogen and oxygen atoms in total. The first kappa shape index (κ1) is 11.9. The van der Waals surface area contributed by atoms with Crippen molar-refractivity contribution in [3.05, 3.63) is 38.0 Å². The van der Waals surface area contributed by atoms with Crippen molar-refractivity contribution < 1.29 is 0 Å². The second kappa shape index (κ2) is 8.97. The highest BCUT2D eigenvalue weighted by Crippen LogP contribution is 2.17. The largest absolute Gasteiger partial charge is 0.167 e. The first-order valence-corrected chi connectivity index (χ1v) is 5.59. The molecule has 67 valence electrons. The van der Waals surface area contributed by atoms with E-state index in [-0.39, 0.29) is 0 Å². The Morgan fingerprint density at radius 1 is 0.917 bits per heavy atom. The Morgan fingerprint density at radius 3 is 1.75 bits per heavy atom. The van der Waals surface area contributed by atoms with Gasteiger partial charge in [0, 0.05) is 0 Å².